The number of benzene rings is 1. The van der Waals surface area contributed by atoms with Gasteiger partial charge in [0.2, 0.25) is 5.78 Å². The Balaban J connectivity index is 2.79. The molecule has 0 aromatic heterocycles. The Kier molecular flexibility index (Phi) is 5.56. The first kappa shape index (κ1) is 16.0. The normalized spacial score (nSPS) is 11.3. The second-order valence-corrected chi connectivity index (χ2v) is 4.56. The largest absolute Gasteiger partial charge is 0.454 e. The summed E-state index contributed by atoms with van der Waals surface area (Å²) in [5.74, 6) is -1.49. The van der Waals surface area contributed by atoms with E-state index >= 15 is 0 Å². The van der Waals surface area contributed by atoms with Gasteiger partial charge in [-0.1, -0.05) is 29.3 Å². The molecule has 0 atom stereocenters. The molecule has 20 heavy (non-hydrogen) atoms. The number of carbonyl (C=O) groups is 2. The Morgan fingerprint density at radius 2 is 2.05 bits per heavy atom. The Hall–Kier alpha value is -2.03. The molecule has 0 amide bonds. The molecule has 0 saturated heterocycles. The molecule has 0 aliphatic carbocycles. The number of nitrogens with zero attached hydrogens (tertiary/aromatic N) is 1. The van der Waals surface area contributed by atoms with Crippen LogP contribution in [0, 0.1) is 11.3 Å². The average Bonchev–Trinajstić information content (AvgIpc) is 2.39. The standard InChI is InChI=1S/C13H10Cl2N2O3/c1-7(17)9(5-16)11(18)6-20-13(19)8-3-2-4-10(14)12(8)15/h2-4H,6,17H2,1H3. The van der Waals surface area contributed by atoms with Crippen molar-refractivity contribution in [3.8, 4) is 6.07 Å². The van der Waals surface area contributed by atoms with E-state index in [0.29, 0.717) is 0 Å². The fourth-order valence-electron chi connectivity index (χ4n) is 1.31. The second-order valence-electron chi connectivity index (χ2n) is 3.77. The molecule has 1 aromatic rings. The van der Waals surface area contributed by atoms with Gasteiger partial charge in [0.15, 0.2) is 6.61 Å². The van der Waals surface area contributed by atoms with Gasteiger partial charge in [0.1, 0.15) is 11.6 Å². The highest BCUT2D eigenvalue weighted by Crippen LogP contribution is 2.25. The van der Waals surface area contributed by atoms with Crippen LogP contribution in [0.25, 0.3) is 0 Å². The van der Waals surface area contributed by atoms with Crippen LogP contribution in [0.5, 0.6) is 0 Å². The number of nitrogens with two attached hydrogens (primary N) is 1. The molecule has 0 saturated carbocycles. The van der Waals surface area contributed by atoms with E-state index in [4.69, 9.17) is 38.9 Å². The van der Waals surface area contributed by atoms with E-state index in [0.717, 1.165) is 0 Å². The fraction of sp³-hybridized carbons (Fsp3) is 0.154. The average molecular weight is 313 g/mol. The number of allylic oxidation sites excluding steroid dienone is 1. The number of hydrogen-bond donors (Lipinski definition) is 1. The summed E-state index contributed by atoms with van der Waals surface area (Å²) in [7, 11) is 0. The third-order valence-electron chi connectivity index (χ3n) is 2.29. The van der Waals surface area contributed by atoms with Crippen LogP contribution >= 0.6 is 23.2 Å². The van der Waals surface area contributed by atoms with Crippen LogP contribution in [-0.4, -0.2) is 18.4 Å². The van der Waals surface area contributed by atoms with E-state index in [2.05, 4.69) is 0 Å². The lowest BCUT2D eigenvalue weighted by atomic mass is 10.1. The summed E-state index contributed by atoms with van der Waals surface area (Å²) in [6.07, 6.45) is 0. The maximum atomic E-state index is 11.8. The Morgan fingerprint density at radius 3 is 2.60 bits per heavy atom. The Bertz CT molecular complexity index is 629. The molecule has 0 spiro atoms. The molecule has 104 valence electrons. The minimum atomic E-state index is -0.808. The number of halogens is 2. The van der Waals surface area contributed by atoms with Crippen LogP contribution in [0.15, 0.2) is 29.5 Å². The minimum Gasteiger partial charge on any atom is -0.454 e. The van der Waals surface area contributed by atoms with Gasteiger partial charge in [-0.15, -0.1) is 0 Å². The van der Waals surface area contributed by atoms with E-state index in [1.807, 2.05) is 0 Å². The lowest BCUT2D eigenvalue weighted by molar-refractivity contribution is -0.118. The molecule has 0 unspecified atom stereocenters. The fourth-order valence-corrected chi connectivity index (χ4v) is 1.69. The zero-order valence-electron chi connectivity index (χ0n) is 10.4. The van der Waals surface area contributed by atoms with E-state index in [9.17, 15) is 9.59 Å². The van der Waals surface area contributed by atoms with Crippen LogP contribution in [-0.2, 0) is 9.53 Å². The van der Waals surface area contributed by atoms with Crippen LogP contribution in [0.3, 0.4) is 0 Å². The molecule has 0 aliphatic rings. The number of ketones is 1. The van der Waals surface area contributed by atoms with Gasteiger partial charge in [0.25, 0.3) is 0 Å². The predicted molar refractivity (Wildman–Crippen MR) is 74.3 cm³/mol. The summed E-state index contributed by atoms with van der Waals surface area (Å²) >= 11 is 11.6. The first-order valence-corrected chi connectivity index (χ1v) is 6.14. The van der Waals surface area contributed by atoms with Crippen molar-refractivity contribution >= 4 is 35.0 Å². The van der Waals surface area contributed by atoms with Crippen LogP contribution < -0.4 is 5.73 Å². The maximum absolute atomic E-state index is 11.8. The molecule has 0 fully saturated rings. The third-order valence-corrected chi connectivity index (χ3v) is 3.11. The van der Waals surface area contributed by atoms with E-state index in [1.54, 1.807) is 6.07 Å². The number of carbonyl (C=O) groups excluding carboxylic acids is 2. The SMILES string of the molecule is CC(N)=C(C#N)C(=O)COC(=O)c1cccc(Cl)c1Cl. The summed E-state index contributed by atoms with van der Waals surface area (Å²) in [5.41, 5.74) is 5.23. The summed E-state index contributed by atoms with van der Waals surface area (Å²) in [5, 5.41) is 8.98. The quantitative estimate of drug-likeness (QED) is 0.523. The number of nitriles is 1. The molecule has 0 bridgehead atoms. The zero-order chi connectivity index (χ0) is 15.3. The highest BCUT2D eigenvalue weighted by Gasteiger charge is 2.18. The molecule has 2 N–H and O–H groups in total. The smallest absolute Gasteiger partial charge is 0.340 e. The number of ether oxygens (including phenoxy) is 1. The molecule has 5 nitrogen and oxygen atoms in total. The number of rotatable bonds is 4. The van der Waals surface area contributed by atoms with Gasteiger partial charge < -0.3 is 10.5 Å². The van der Waals surface area contributed by atoms with Gasteiger partial charge >= 0.3 is 5.97 Å². The molecular formula is C13H10Cl2N2O3. The van der Waals surface area contributed by atoms with Crippen LogP contribution in [0.1, 0.15) is 17.3 Å². The summed E-state index contributed by atoms with van der Waals surface area (Å²) in [6.45, 7) is 0.811. The summed E-state index contributed by atoms with van der Waals surface area (Å²) in [6, 6.07) is 6.10. The van der Waals surface area contributed by atoms with Crippen molar-refractivity contribution in [3.05, 3.63) is 45.1 Å². The van der Waals surface area contributed by atoms with Crippen molar-refractivity contribution in [1.29, 1.82) is 5.26 Å². The van der Waals surface area contributed by atoms with Crippen molar-refractivity contribution in [1.82, 2.24) is 0 Å². The molecule has 0 heterocycles. The van der Waals surface area contributed by atoms with Gasteiger partial charge in [0.05, 0.1) is 15.6 Å². The lowest BCUT2D eigenvalue weighted by Gasteiger charge is -2.06. The molecule has 1 rings (SSSR count). The number of hydrogen-bond acceptors (Lipinski definition) is 5. The van der Waals surface area contributed by atoms with Gasteiger partial charge in [-0.3, -0.25) is 4.79 Å². The summed E-state index contributed by atoms with van der Waals surface area (Å²) in [4.78, 5) is 23.4. The van der Waals surface area contributed by atoms with Gasteiger partial charge in [-0.25, -0.2) is 4.79 Å². The van der Waals surface area contributed by atoms with E-state index < -0.39 is 18.4 Å². The molecule has 7 heteroatoms. The van der Waals surface area contributed by atoms with Crippen LogP contribution in [0.4, 0.5) is 0 Å². The lowest BCUT2D eigenvalue weighted by Crippen LogP contribution is -2.17. The van der Waals surface area contributed by atoms with Gasteiger partial charge in [0, 0.05) is 5.70 Å². The first-order valence-electron chi connectivity index (χ1n) is 5.39. The molecule has 1 aromatic carbocycles. The number of Topliss-reactive ketones (excluding diaryl/α,β-unsaturated/α-hetero) is 1. The van der Waals surface area contributed by atoms with Crippen molar-refractivity contribution in [3.63, 3.8) is 0 Å². The van der Waals surface area contributed by atoms with E-state index in [-0.39, 0.29) is 26.9 Å². The van der Waals surface area contributed by atoms with Gasteiger partial charge in [-0.2, -0.15) is 5.26 Å². The van der Waals surface area contributed by atoms with Crippen molar-refractivity contribution in [2.24, 2.45) is 5.73 Å². The van der Waals surface area contributed by atoms with Crippen LogP contribution in [0.2, 0.25) is 10.0 Å². The van der Waals surface area contributed by atoms with Gasteiger partial charge in [-0.05, 0) is 19.1 Å². The van der Waals surface area contributed by atoms with Crippen molar-refractivity contribution in [2.45, 2.75) is 6.92 Å². The number of esters is 1. The Morgan fingerprint density at radius 1 is 1.40 bits per heavy atom. The molecule has 0 radical (unpaired) electrons. The minimum absolute atomic E-state index is 0.0395. The molecule has 0 aliphatic heterocycles. The Labute approximate surface area is 125 Å². The first-order chi connectivity index (χ1) is 9.38. The zero-order valence-corrected chi connectivity index (χ0v) is 12.0. The monoisotopic (exact) mass is 312 g/mol. The topological polar surface area (TPSA) is 93.2 Å². The van der Waals surface area contributed by atoms with Crippen molar-refractivity contribution in [2.75, 3.05) is 6.61 Å². The molecular weight excluding hydrogens is 303 g/mol. The second kappa shape index (κ2) is 6.94. The predicted octanol–water partition coefficient (Wildman–Crippen LogP) is 2.48. The third kappa shape index (κ3) is 3.73. The maximum Gasteiger partial charge on any atom is 0.340 e. The highest BCUT2D eigenvalue weighted by atomic mass is 35.5. The van der Waals surface area contributed by atoms with Crippen molar-refractivity contribution < 1.29 is 14.3 Å². The highest BCUT2D eigenvalue weighted by molar-refractivity contribution is 6.43. The van der Waals surface area contributed by atoms with E-state index in [1.165, 1.54) is 25.1 Å². The summed E-state index contributed by atoms with van der Waals surface area (Å²) < 4.78 is 4.79.